The number of likely N-dealkylation sites (tertiary alicyclic amines) is 2. The van der Waals surface area contributed by atoms with Crippen LogP contribution in [0.2, 0.25) is 0 Å². The highest BCUT2D eigenvalue weighted by Gasteiger charge is 2.19. The van der Waals surface area contributed by atoms with E-state index in [1.54, 1.807) is 0 Å². The number of rotatable bonds is 2. The average molecular weight is 380 g/mol. The van der Waals surface area contributed by atoms with Gasteiger partial charge < -0.3 is 15.5 Å². The molecule has 2 rings (SSSR count). The van der Waals surface area contributed by atoms with Gasteiger partial charge >= 0.3 is 0 Å². The molecule has 0 bridgehead atoms. The van der Waals surface area contributed by atoms with Gasteiger partial charge in [0.05, 0.1) is 0 Å². The maximum Gasteiger partial charge on any atom is 0.191 e. The van der Waals surface area contributed by atoms with E-state index in [0.29, 0.717) is 5.92 Å². The van der Waals surface area contributed by atoms with Gasteiger partial charge in [0.25, 0.3) is 0 Å². The first-order valence-electron chi connectivity index (χ1n) is 7.38. The standard InChI is InChI=1S/C14H28N4.HI/c1-12-5-3-8-18(10-12)14(15)16-9-13-6-4-7-17(2)11-13;/h12-13H,3-11H2,1-2H3,(H2,15,16);1H. The molecule has 112 valence electrons. The Labute approximate surface area is 134 Å². The number of halogens is 1. The van der Waals surface area contributed by atoms with Gasteiger partial charge in [-0.2, -0.15) is 0 Å². The molecule has 2 N–H and O–H groups in total. The summed E-state index contributed by atoms with van der Waals surface area (Å²) >= 11 is 0. The Morgan fingerprint density at radius 2 is 1.95 bits per heavy atom. The van der Waals surface area contributed by atoms with Crippen molar-refractivity contribution in [1.82, 2.24) is 9.80 Å². The molecule has 0 radical (unpaired) electrons. The molecule has 0 aromatic rings. The first-order valence-corrected chi connectivity index (χ1v) is 7.38. The van der Waals surface area contributed by atoms with Gasteiger partial charge in [0.1, 0.15) is 0 Å². The summed E-state index contributed by atoms with van der Waals surface area (Å²) in [6.07, 6.45) is 5.19. The summed E-state index contributed by atoms with van der Waals surface area (Å²) in [7, 11) is 2.20. The molecule has 2 aliphatic heterocycles. The fraction of sp³-hybridized carbons (Fsp3) is 0.929. The number of hydrogen-bond donors (Lipinski definition) is 1. The molecular weight excluding hydrogens is 351 g/mol. The summed E-state index contributed by atoms with van der Waals surface area (Å²) in [6, 6.07) is 0. The summed E-state index contributed by atoms with van der Waals surface area (Å²) < 4.78 is 0. The lowest BCUT2D eigenvalue weighted by Gasteiger charge is -2.32. The van der Waals surface area contributed by atoms with Crippen LogP contribution in [0.1, 0.15) is 32.6 Å². The lowest BCUT2D eigenvalue weighted by atomic mass is 9.99. The predicted molar refractivity (Wildman–Crippen MR) is 92.1 cm³/mol. The van der Waals surface area contributed by atoms with Crippen molar-refractivity contribution in [3.63, 3.8) is 0 Å². The van der Waals surface area contributed by atoms with Gasteiger partial charge in [0.15, 0.2) is 5.96 Å². The number of nitrogens with zero attached hydrogens (tertiary/aromatic N) is 3. The van der Waals surface area contributed by atoms with Crippen molar-refractivity contribution in [3.05, 3.63) is 0 Å². The molecule has 5 heteroatoms. The highest BCUT2D eigenvalue weighted by molar-refractivity contribution is 14.0. The molecule has 0 aliphatic carbocycles. The second kappa shape index (κ2) is 8.29. The van der Waals surface area contributed by atoms with E-state index in [4.69, 9.17) is 5.73 Å². The third kappa shape index (κ3) is 5.45. The fourth-order valence-electron chi connectivity index (χ4n) is 3.14. The van der Waals surface area contributed by atoms with Gasteiger partial charge in [-0.25, -0.2) is 0 Å². The first kappa shape index (κ1) is 17.0. The van der Waals surface area contributed by atoms with Crippen molar-refractivity contribution in [2.75, 3.05) is 39.8 Å². The van der Waals surface area contributed by atoms with Gasteiger partial charge in [0.2, 0.25) is 0 Å². The molecular formula is C14H29IN4. The summed E-state index contributed by atoms with van der Waals surface area (Å²) in [4.78, 5) is 9.30. The maximum absolute atomic E-state index is 6.12. The van der Waals surface area contributed by atoms with Crippen molar-refractivity contribution in [2.24, 2.45) is 22.6 Å². The lowest BCUT2D eigenvalue weighted by molar-refractivity contribution is 0.213. The quantitative estimate of drug-likeness (QED) is 0.453. The Morgan fingerprint density at radius 1 is 1.21 bits per heavy atom. The monoisotopic (exact) mass is 380 g/mol. The van der Waals surface area contributed by atoms with Crippen LogP contribution in [0.15, 0.2) is 4.99 Å². The lowest BCUT2D eigenvalue weighted by Crippen LogP contribution is -2.44. The number of hydrogen-bond acceptors (Lipinski definition) is 2. The van der Waals surface area contributed by atoms with Crippen molar-refractivity contribution in [2.45, 2.75) is 32.6 Å². The van der Waals surface area contributed by atoms with Crippen LogP contribution in [0.25, 0.3) is 0 Å². The van der Waals surface area contributed by atoms with Gasteiger partial charge in [-0.1, -0.05) is 6.92 Å². The Bertz CT molecular complexity index is 295. The molecule has 2 atom stereocenters. The zero-order valence-electron chi connectivity index (χ0n) is 12.3. The number of nitrogens with two attached hydrogens (primary N) is 1. The van der Waals surface area contributed by atoms with Crippen LogP contribution < -0.4 is 5.73 Å². The second-order valence-corrected chi connectivity index (χ2v) is 6.16. The maximum atomic E-state index is 6.12. The van der Waals surface area contributed by atoms with Gasteiger partial charge in [0, 0.05) is 26.2 Å². The number of aliphatic imine (C=N–C) groups is 1. The van der Waals surface area contributed by atoms with Crippen LogP contribution in [-0.2, 0) is 0 Å². The molecule has 2 unspecified atom stereocenters. The molecule has 0 aromatic carbocycles. The van der Waals surface area contributed by atoms with Crippen molar-refractivity contribution >= 4 is 29.9 Å². The fourth-order valence-corrected chi connectivity index (χ4v) is 3.14. The van der Waals surface area contributed by atoms with Crippen LogP contribution >= 0.6 is 24.0 Å². The molecule has 0 aromatic heterocycles. The van der Waals surface area contributed by atoms with E-state index in [1.807, 2.05) is 0 Å². The largest absolute Gasteiger partial charge is 0.370 e. The molecule has 0 amide bonds. The Balaban J connectivity index is 0.00000180. The molecule has 2 heterocycles. The average Bonchev–Trinajstić information content (AvgIpc) is 2.36. The van der Waals surface area contributed by atoms with Gasteiger partial charge in [-0.15, -0.1) is 24.0 Å². The first-order chi connectivity index (χ1) is 8.65. The Kier molecular flexibility index (Phi) is 7.42. The second-order valence-electron chi connectivity index (χ2n) is 6.16. The van der Waals surface area contributed by atoms with E-state index < -0.39 is 0 Å². The minimum Gasteiger partial charge on any atom is -0.370 e. The molecule has 4 nitrogen and oxygen atoms in total. The van der Waals surface area contributed by atoms with Crippen LogP contribution in [0, 0.1) is 11.8 Å². The zero-order valence-corrected chi connectivity index (χ0v) is 14.7. The highest BCUT2D eigenvalue weighted by Crippen LogP contribution is 2.17. The van der Waals surface area contributed by atoms with Crippen molar-refractivity contribution in [3.8, 4) is 0 Å². The third-order valence-electron chi connectivity index (χ3n) is 4.21. The SMILES string of the molecule is CC1CCCN(C(N)=NCC2CCCN(C)C2)C1.I. The molecule has 0 saturated carbocycles. The van der Waals surface area contributed by atoms with E-state index in [9.17, 15) is 0 Å². The van der Waals surface area contributed by atoms with E-state index in [2.05, 4.69) is 28.8 Å². The predicted octanol–water partition coefficient (Wildman–Crippen LogP) is 1.99. The molecule has 2 fully saturated rings. The topological polar surface area (TPSA) is 44.9 Å². The molecule has 19 heavy (non-hydrogen) atoms. The van der Waals surface area contributed by atoms with Crippen LogP contribution in [0.3, 0.4) is 0 Å². The van der Waals surface area contributed by atoms with Crippen LogP contribution in [0.5, 0.6) is 0 Å². The van der Waals surface area contributed by atoms with Crippen LogP contribution in [-0.4, -0.2) is 55.5 Å². The zero-order chi connectivity index (χ0) is 13.0. The van der Waals surface area contributed by atoms with E-state index in [1.165, 1.54) is 38.8 Å². The number of piperidine rings is 2. The van der Waals surface area contributed by atoms with E-state index in [-0.39, 0.29) is 24.0 Å². The van der Waals surface area contributed by atoms with Crippen molar-refractivity contribution < 1.29 is 0 Å². The van der Waals surface area contributed by atoms with E-state index in [0.717, 1.165) is 31.5 Å². The third-order valence-corrected chi connectivity index (χ3v) is 4.21. The normalized spacial score (nSPS) is 30.0. The van der Waals surface area contributed by atoms with Gasteiger partial charge in [-0.3, -0.25) is 4.99 Å². The minimum atomic E-state index is 0. The van der Waals surface area contributed by atoms with Crippen LogP contribution in [0.4, 0.5) is 0 Å². The minimum absolute atomic E-state index is 0. The Hall–Kier alpha value is -0.0400. The molecule has 2 aliphatic rings. The molecule has 2 saturated heterocycles. The number of guanidine groups is 1. The Morgan fingerprint density at radius 3 is 2.63 bits per heavy atom. The van der Waals surface area contributed by atoms with Gasteiger partial charge in [-0.05, 0) is 51.1 Å². The summed E-state index contributed by atoms with van der Waals surface area (Å²) in [5.74, 6) is 2.23. The van der Waals surface area contributed by atoms with E-state index >= 15 is 0 Å². The highest BCUT2D eigenvalue weighted by atomic mass is 127. The molecule has 0 spiro atoms. The smallest absolute Gasteiger partial charge is 0.191 e. The van der Waals surface area contributed by atoms with Crippen molar-refractivity contribution in [1.29, 1.82) is 0 Å². The summed E-state index contributed by atoms with van der Waals surface area (Å²) in [5, 5.41) is 0. The summed E-state index contributed by atoms with van der Waals surface area (Å²) in [6.45, 7) is 7.78. The summed E-state index contributed by atoms with van der Waals surface area (Å²) in [5.41, 5.74) is 6.12.